The minimum atomic E-state index is -1.57. The van der Waals surface area contributed by atoms with E-state index >= 15 is 0 Å². The lowest BCUT2D eigenvalue weighted by Crippen LogP contribution is -2.55. The van der Waals surface area contributed by atoms with Crippen LogP contribution in [0.4, 0.5) is 0 Å². The van der Waals surface area contributed by atoms with Gasteiger partial charge < -0.3 is 0 Å². The molecular weight excluding hydrogens is 764 g/mol. The Kier molecular flexibility index (Phi) is 42.8. The van der Waals surface area contributed by atoms with Crippen molar-refractivity contribution in [3.05, 3.63) is 0 Å². The van der Waals surface area contributed by atoms with Crippen LogP contribution in [0.25, 0.3) is 0 Å². The van der Waals surface area contributed by atoms with E-state index in [0.29, 0.717) is 0 Å². The van der Waals surface area contributed by atoms with Gasteiger partial charge in [-0.05, 0) is 0 Å². The zero-order valence-electron chi connectivity index (χ0n) is 42.8. The second-order valence-corrected chi connectivity index (χ2v) is 49.4. The second-order valence-electron chi connectivity index (χ2n) is 20.3. The Morgan fingerprint density at radius 3 is 0.397 bits per heavy atom. The van der Waals surface area contributed by atoms with Gasteiger partial charge in [-0.15, -0.1) is 6.57 Å². The lowest BCUT2D eigenvalue weighted by molar-refractivity contribution is 0.666. The zero-order chi connectivity index (χ0) is 42.9. The van der Waals surface area contributed by atoms with E-state index < -0.39 is 23.2 Å². The molecule has 0 heterocycles. The molecule has 0 saturated heterocycles. The minimum Gasteiger partial charge on any atom is -0.138 e. The first-order valence-corrected chi connectivity index (χ1v) is 39.9. The summed E-state index contributed by atoms with van der Waals surface area (Å²) in [5, 5.41) is 0. The van der Waals surface area contributed by atoms with Crippen molar-refractivity contribution in [3.63, 3.8) is 0 Å². The summed E-state index contributed by atoms with van der Waals surface area (Å²) < 4.78 is 0. The van der Waals surface area contributed by atoms with Crippen molar-refractivity contribution in [1.82, 2.24) is 0 Å². The van der Waals surface area contributed by atoms with Crippen molar-refractivity contribution in [2.75, 3.05) is 0 Å². The molecule has 0 aliphatic rings. The maximum Gasteiger partial charge on any atom is 0.0733 e. The van der Waals surface area contributed by atoms with Gasteiger partial charge in [0, 0.05) is 0 Å². The van der Waals surface area contributed by atoms with Crippen LogP contribution in [0.2, 0.25) is 54.4 Å². The zero-order valence-corrected chi connectivity index (χ0v) is 46.7. The smallest absolute Gasteiger partial charge is 0.0733 e. The largest absolute Gasteiger partial charge is 0.138 e. The van der Waals surface area contributed by atoms with Crippen LogP contribution < -0.4 is 0 Å². The standard InChI is InChI=1S/C54H117PSi3/c1-10-19-28-37-46-56(47-38-29-20-11-2,48-39-30-21-12-3)55(57(49-40-31-22-13-4,50-41-32-23-14-5)51-42-33-24-15-6)58(52-43-34-25-16-7,53-44-35-26-17-8)54-45-36-27-18-9/h10-54H2,1-9H3. The molecule has 58 heavy (non-hydrogen) atoms. The summed E-state index contributed by atoms with van der Waals surface area (Å²) in [6.45, 7) is 22.6. The molecule has 0 fully saturated rings. The number of hydrogen-bond donors (Lipinski definition) is 0. The van der Waals surface area contributed by atoms with Crippen LogP contribution in [0.1, 0.15) is 293 Å². The van der Waals surface area contributed by atoms with Crippen molar-refractivity contribution in [3.8, 4) is 0 Å². The summed E-state index contributed by atoms with van der Waals surface area (Å²) in [6.07, 6.45) is 54.7. The Morgan fingerprint density at radius 1 is 0.172 bits per heavy atom. The van der Waals surface area contributed by atoms with Gasteiger partial charge in [-0.3, -0.25) is 0 Å². The quantitative estimate of drug-likeness (QED) is 0.0324. The first kappa shape index (κ1) is 59.1. The van der Waals surface area contributed by atoms with Crippen LogP contribution in [-0.4, -0.2) is 23.2 Å². The van der Waals surface area contributed by atoms with E-state index in [1.165, 1.54) is 116 Å². The highest BCUT2D eigenvalue weighted by Gasteiger charge is 2.59. The molecule has 350 valence electrons. The fraction of sp³-hybridized carbons (Fsp3) is 1.00. The highest BCUT2D eigenvalue weighted by molar-refractivity contribution is 8.37. The Hall–Kier alpha value is 1.08. The highest BCUT2D eigenvalue weighted by atomic mass is 31.8. The minimum absolute atomic E-state index is 0.225. The monoisotopic (exact) mass is 881 g/mol. The fourth-order valence-electron chi connectivity index (χ4n) is 11.6. The SMILES string of the molecule is CCCCCC[Si](CCCCCC)(CCCCCC)P([Si](CCCCCC)(CCCCCC)CCCCCC)[Si](CCCCCC)(CCCCCC)CCCCCC. The Morgan fingerprint density at radius 2 is 0.293 bits per heavy atom. The number of unbranched alkanes of at least 4 members (excludes halogenated alkanes) is 27. The second kappa shape index (κ2) is 42.1. The summed E-state index contributed by atoms with van der Waals surface area (Å²) >= 11 is 0. The molecule has 0 nitrogen and oxygen atoms in total. The number of rotatable bonds is 48. The van der Waals surface area contributed by atoms with Crippen LogP contribution in [0.5, 0.6) is 0 Å². The van der Waals surface area contributed by atoms with E-state index in [4.69, 9.17) is 0 Å². The molecule has 0 atom stereocenters. The van der Waals surface area contributed by atoms with E-state index in [-0.39, 0.29) is 6.57 Å². The van der Waals surface area contributed by atoms with E-state index in [9.17, 15) is 0 Å². The summed E-state index contributed by atoms with van der Waals surface area (Å²) in [5.74, 6) is 0. The summed E-state index contributed by atoms with van der Waals surface area (Å²) in [6, 6.07) is 16.1. The Labute approximate surface area is 375 Å². The van der Waals surface area contributed by atoms with Gasteiger partial charge in [0.1, 0.15) is 0 Å². The maximum absolute atomic E-state index is 2.48. The molecule has 0 aromatic heterocycles. The van der Waals surface area contributed by atoms with Crippen molar-refractivity contribution in [2.24, 2.45) is 0 Å². The molecule has 0 spiro atoms. The van der Waals surface area contributed by atoms with Crippen LogP contribution in [0.3, 0.4) is 0 Å². The van der Waals surface area contributed by atoms with E-state index in [1.54, 1.807) is 170 Å². The van der Waals surface area contributed by atoms with Gasteiger partial charge in [0.15, 0.2) is 0 Å². The average molecular weight is 882 g/mol. The third kappa shape index (κ3) is 26.6. The topological polar surface area (TPSA) is 0 Å². The van der Waals surface area contributed by atoms with Crippen LogP contribution in [0, 0.1) is 0 Å². The van der Waals surface area contributed by atoms with E-state index in [2.05, 4.69) is 62.3 Å². The Bertz CT molecular complexity index is 618. The van der Waals surface area contributed by atoms with Crippen LogP contribution in [-0.2, 0) is 0 Å². The summed E-state index contributed by atoms with van der Waals surface area (Å²) in [4.78, 5) is 0. The van der Waals surface area contributed by atoms with Crippen molar-refractivity contribution in [2.45, 2.75) is 348 Å². The van der Waals surface area contributed by atoms with Gasteiger partial charge in [-0.1, -0.05) is 348 Å². The average Bonchev–Trinajstić information content (AvgIpc) is 3.23. The summed E-state index contributed by atoms with van der Waals surface area (Å²) in [5.41, 5.74) is 0. The molecule has 0 unspecified atom stereocenters. The molecule has 0 rings (SSSR count). The van der Waals surface area contributed by atoms with Gasteiger partial charge in [-0.25, -0.2) is 0 Å². The lowest BCUT2D eigenvalue weighted by atomic mass is 10.2. The van der Waals surface area contributed by atoms with Crippen molar-refractivity contribution < 1.29 is 0 Å². The van der Waals surface area contributed by atoms with Gasteiger partial charge >= 0.3 is 0 Å². The Balaban J connectivity index is 8.49. The van der Waals surface area contributed by atoms with Crippen LogP contribution in [0.15, 0.2) is 0 Å². The predicted molar refractivity (Wildman–Crippen MR) is 285 cm³/mol. The molecule has 4 heteroatoms. The molecule has 0 aromatic carbocycles. The maximum atomic E-state index is 2.48. The molecule has 0 aliphatic carbocycles. The molecule has 0 aliphatic heterocycles. The van der Waals surface area contributed by atoms with Crippen LogP contribution >= 0.6 is 6.57 Å². The molecular formula is C54H117PSi3. The van der Waals surface area contributed by atoms with Gasteiger partial charge in [0.2, 0.25) is 0 Å². The van der Waals surface area contributed by atoms with Gasteiger partial charge in [0.05, 0.1) is 23.2 Å². The number of hydrogen-bond acceptors (Lipinski definition) is 0. The van der Waals surface area contributed by atoms with Gasteiger partial charge in [-0.2, -0.15) is 0 Å². The third-order valence-corrected chi connectivity index (χ3v) is 69.5. The highest BCUT2D eigenvalue weighted by Crippen LogP contribution is 2.73. The fourth-order valence-corrected chi connectivity index (χ4v) is 91.7. The molecule has 0 amide bonds. The third-order valence-electron chi connectivity index (χ3n) is 14.9. The molecule has 0 N–H and O–H groups in total. The first-order chi connectivity index (χ1) is 28.4. The predicted octanol–water partition coefficient (Wildman–Crippen LogP) is 22.5. The van der Waals surface area contributed by atoms with Gasteiger partial charge in [0.25, 0.3) is 0 Å². The molecule has 0 aromatic rings. The van der Waals surface area contributed by atoms with Crippen molar-refractivity contribution >= 4 is 29.8 Å². The molecule has 0 saturated carbocycles. The first-order valence-electron chi connectivity index (χ1n) is 28.2. The molecule has 0 radical (unpaired) electrons. The van der Waals surface area contributed by atoms with E-state index in [1.807, 2.05) is 0 Å². The normalized spacial score (nSPS) is 12.7. The lowest BCUT2D eigenvalue weighted by Gasteiger charge is -2.60. The summed E-state index contributed by atoms with van der Waals surface area (Å²) in [7, 11) is -4.71. The van der Waals surface area contributed by atoms with Crippen molar-refractivity contribution in [1.29, 1.82) is 0 Å². The molecule has 0 bridgehead atoms. The van der Waals surface area contributed by atoms with E-state index in [0.717, 1.165) is 0 Å².